The van der Waals surface area contributed by atoms with Crippen LogP contribution in [-0.2, 0) is 4.79 Å². The van der Waals surface area contributed by atoms with Crippen LogP contribution in [0.1, 0.15) is 32.6 Å². The molecule has 1 aliphatic carbocycles. The first-order valence-corrected chi connectivity index (χ1v) is 6.60. The van der Waals surface area contributed by atoms with Gasteiger partial charge in [0.1, 0.15) is 0 Å². The second-order valence-corrected chi connectivity index (χ2v) is 4.65. The SMILES string of the molecule is CCNCCCNC(=O)NC(CC(=O)O)C1CC1. The minimum absolute atomic E-state index is 0.00940. The highest BCUT2D eigenvalue weighted by Crippen LogP contribution is 2.33. The third kappa shape index (κ3) is 6.44. The molecule has 0 aliphatic heterocycles. The summed E-state index contributed by atoms with van der Waals surface area (Å²) in [6, 6.07) is -0.485. The molecule has 1 aliphatic rings. The molecule has 1 atom stereocenters. The van der Waals surface area contributed by atoms with Crippen LogP contribution in [0.15, 0.2) is 0 Å². The molecule has 0 spiro atoms. The van der Waals surface area contributed by atoms with E-state index in [1.54, 1.807) is 0 Å². The summed E-state index contributed by atoms with van der Waals surface area (Å²) in [6.45, 7) is 4.43. The van der Waals surface area contributed by atoms with Gasteiger partial charge in [-0.05, 0) is 38.3 Å². The van der Waals surface area contributed by atoms with Gasteiger partial charge in [0.15, 0.2) is 0 Å². The lowest BCUT2D eigenvalue weighted by Crippen LogP contribution is -2.44. The number of amides is 2. The Morgan fingerprint density at radius 1 is 1.33 bits per heavy atom. The average molecular weight is 257 g/mol. The van der Waals surface area contributed by atoms with E-state index < -0.39 is 5.97 Å². The average Bonchev–Trinajstić information content (AvgIpc) is 3.11. The van der Waals surface area contributed by atoms with Crippen LogP contribution >= 0.6 is 0 Å². The number of carbonyl (C=O) groups excluding carboxylic acids is 1. The van der Waals surface area contributed by atoms with Gasteiger partial charge in [0.2, 0.25) is 0 Å². The summed E-state index contributed by atoms with van der Waals surface area (Å²) in [5.41, 5.74) is 0. The van der Waals surface area contributed by atoms with Crippen molar-refractivity contribution in [2.45, 2.75) is 38.6 Å². The van der Waals surface area contributed by atoms with E-state index in [1.807, 2.05) is 6.92 Å². The Balaban J connectivity index is 2.14. The minimum atomic E-state index is -0.862. The Labute approximate surface area is 108 Å². The Bertz CT molecular complexity index is 280. The zero-order valence-electron chi connectivity index (χ0n) is 10.9. The Morgan fingerprint density at radius 2 is 2.06 bits per heavy atom. The Morgan fingerprint density at radius 3 is 2.61 bits per heavy atom. The van der Waals surface area contributed by atoms with Crippen LogP contribution in [0.5, 0.6) is 0 Å². The summed E-state index contributed by atoms with van der Waals surface area (Å²) in [4.78, 5) is 22.2. The number of hydrogen-bond acceptors (Lipinski definition) is 3. The van der Waals surface area contributed by atoms with Crippen LogP contribution in [0.2, 0.25) is 0 Å². The fourth-order valence-electron chi connectivity index (χ4n) is 1.83. The lowest BCUT2D eigenvalue weighted by Gasteiger charge is -2.16. The first-order chi connectivity index (χ1) is 8.63. The van der Waals surface area contributed by atoms with Gasteiger partial charge in [0, 0.05) is 12.6 Å². The van der Waals surface area contributed by atoms with Crippen LogP contribution in [0.3, 0.4) is 0 Å². The maximum atomic E-state index is 11.6. The number of rotatable bonds is 9. The van der Waals surface area contributed by atoms with Gasteiger partial charge in [0.05, 0.1) is 6.42 Å². The normalized spacial score (nSPS) is 16.1. The fraction of sp³-hybridized carbons (Fsp3) is 0.833. The molecule has 0 aromatic carbocycles. The van der Waals surface area contributed by atoms with Crippen molar-refractivity contribution >= 4 is 12.0 Å². The third-order valence-corrected chi connectivity index (χ3v) is 2.97. The van der Waals surface area contributed by atoms with E-state index in [1.165, 1.54) is 0 Å². The maximum Gasteiger partial charge on any atom is 0.315 e. The predicted octanol–water partition coefficient (Wildman–Crippen LogP) is 0.539. The first kappa shape index (κ1) is 14.8. The van der Waals surface area contributed by atoms with Crippen molar-refractivity contribution in [3.05, 3.63) is 0 Å². The third-order valence-electron chi connectivity index (χ3n) is 2.97. The molecule has 6 nitrogen and oxygen atoms in total. The van der Waals surface area contributed by atoms with E-state index in [0.717, 1.165) is 32.4 Å². The summed E-state index contributed by atoms with van der Waals surface area (Å²) in [5.74, 6) is -0.520. The van der Waals surface area contributed by atoms with Crippen LogP contribution in [-0.4, -0.2) is 42.8 Å². The topological polar surface area (TPSA) is 90.5 Å². The Hall–Kier alpha value is -1.30. The number of hydrogen-bond donors (Lipinski definition) is 4. The van der Waals surface area contributed by atoms with Crippen molar-refractivity contribution in [2.24, 2.45) is 5.92 Å². The highest BCUT2D eigenvalue weighted by atomic mass is 16.4. The molecular weight excluding hydrogens is 234 g/mol. The molecule has 0 aromatic heterocycles. The van der Waals surface area contributed by atoms with E-state index in [-0.39, 0.29) is 18.5 Å². The number of carboxylic acids is 1. The highest BCUT2D eigenvalue weighted by Gasteiger charge is 2.33. The van der Waals surface area contributed by atoms with Gasteiger partial charge < -0.3 is 21.1 Å². The van der Waals surface area contributed by atoms with Crippen LogP contribution in [0, 0.1) is 5.92 Å². The van der Waals surface area contributed by atoms with Crippen molar-refractivity contribution in [1.82, 2.24) is 16.0 Å². The van der Waals surface area contributed by atoms with Gasteiger partial charge in [-0.1, -0.05) is 6.92 Å². The lowest BCUT2D eigenvalue weighted by atomic mass is 10.1. The maximum absolute atomic E-state index is 11.6. The quantitative estimate of drug-likeness (QED) is 0.454. The molecule has 1 rings (SSSR count). The molecule has 1 saturated carbocycles. The van der Waals surface area contributed by atoms with Crippen LogP contribution in [0.25, 0.3) is 0 Å². The molecule has 4 N–H and O–H groups in total. The number of carboxylic acid groups (broad SMARTS) is 1. The first-order valence-electron chi connectivity index (χ1n) is 6.60. The van der Waals surface area contributed by atoms with Crippen LogP contribution < -0.4 is 16.0 Å². The van der Waals surface area contributed by atoms with Crippen molar-refractivity contribution in [3.8, 4) is 0 Å². The van der Waals surface area contributed by atoms with E-state index >= 15 is 0 Å². The van der Waals surface area contributed by atoms with Crippen molar-refractivity contribution < 1.29 is 14.7 Å². The van der Waals surface area contributed by atoms with Gasteiger partial charge in [-0.15, -0.1) is 0 Å². The molecule has 18 heavy (non-hydrogen) atoms. The summed E-state index contributed by atoms with van der Waals surface area (Å²) in [7, 11) is 0. The largest absolute Gasteiger partial charge is 0.481 e. The van der Waals surface area contributed by atoms with Crippen molar-refractivity contribution in [2.75, 3.05) is 19.6 Å². The fourth-order valence-corrected chi connectivity index (χ4v) is 1.83. The lowest BCUT2D eigenvalue weighted by molar-refractivity contribution is -0.137. The molecule has 0 aromatic rings. The van der Waals surface area contributed by atoms with Gasteiger partial charge in [-0.2, -0.15) is 0 Å². The minimum Gasteiger partial charge on any atom is -0.481 e. The monoisotopic (exact) mass is 257 g/mol. The molecule has 0 radical (unpaired) electrons. The van der Waals surface area contributed by atoms with E-state index in [4.69, 9.17) is 5.11 Å². The van der Waals surface area contributed by atoms with E-state index in [2.05, 4.69) is 16.0 Å². The van der Waals surface area contributed by atoms with Gasteiger partial charge in [-0.3, -0.25) is 4.79 Å². The van der Waals surface area contributed by atoms with Gasteiger partial charge in [0.25, 0.3) is 0 Å². The molecule has 1 unspecified atom stereocenters. The van der Waals surface area contributed by atoms with E-state index in [0.29, 0.717) is 12.5 Å². The highest BCUT2D eigenvalue weighted by molar-refractivity contribution is 5.75. The second-order valence-electron chi connectivity index (χ2n) is 4.65. The molecule has 0 saturated heterocycles. The molecule has 0 bridgehead atoms. The smallest absolute Gasteiger partial charge is 0.315 e. The summed E-state index contributed by atoms with van der Waals surface area (Å²) in [5, 5.41) is 17.4. The molecule has 0 heterocycles. The standard InChI is InChI=1S/C12H23N3O3/c1-2-13-6-3-7-14-12(18)15-10(8-11(16)17)9-4-5-9/h9-10,13H,2-8H2,1H3,(H,16,17)(H2,14,15,18). The number of urea groups is 1. The molecule has 104 valence electrons. The Kier molecular flexibility index (Phi) is 6.49. The van der Waals surface area contributed by atoms with E-state index in [9.17, 15) is 9.59 Å². The van der Waals surface area contributed by atoms with Gasteiger partial charge >= 0.3 is 12.0 Å². The molecule has 1 fully saturated rings. The van der Waals surface area contributed by atoms with Gasteiger partial charge in [-0.25, -0.2) is 4.79 Å². The number of nitrogens with one attached hydrogen (secondary N) is 3. The second kappa shape index (κ2) is 7.92. The van der Waals surface area contributed by atoms with Crippen LogP contribution in [0.4, 0.5) is 4.79 Å². The molecular formula is C12H23N3O3. The molecule has 6 heteroatoms. The number of aliphatic carboxylic acids is 1. The summed E-state index contributed by atoms with van der Waals surface area (Å²) in [6.07, 6.45) is 2.90. The molecule has 2 amide bonds. The summed E-state index contributed by atoms with van der Waals surface area (Å²) >= 11 is 0. The summed E-state index contributed by atoms with van der Waals surface area (Å²) < 4.78 is 0. The van der Waals surface area contributed by atoms with Crippen molar-refractivity contribution in [1.29, 1.82) is 0 Å². The number of carbonyl (C=O) groups is 2. The predicted molar refractivity (Wildman–Crippen MR) is 68.5 cm³/mol. The zero-order chi connectivity index (χ0) is 13.4. The van der Waals surface area contributed by atoms with Crippen molar-refractivity contribution in [3.63, 3.8) is 0 Å². The zero-order valence-corrected chi connectivity index (χ0v) is 10.9.